The van der Waals surface area contributed by atoms with Crippen molar-refractivity contribution in [2.75, 3.05) is 33.2 Å². The van der Waals surface area contributed by atoms with Crippen LogP contribution in [0.5, 0.6) is 0 Å². The van der Waals surface area contributed by atoms with E-state index >= 15 is 0 Å². The lowest BCUT2D eigenvalue weighted by Gasteiger charge is -2.29. The predicted octanol–water partition coefficient (Wildman–Crippen LogP) is 1.07. The van der Waals surface area contributed by atoms with Crippen LogP contribution in [0, 0.1) is 0 Å². The quantitative estimate of drug-likeness (QED) is 0.796. The first kappa shape index (κ1) is 13.8. The summed E-state index contributed by atoms with van der Waals surface area (Å²) >= 11 is 0. The summed E-state index contributed by atoms with van der Waals surface area (Å²) in [7, 11) is 2.11. The Hall–Kier alpha value is -0.610. The average molecular weight is 253 g/mol. The van der Waals surface area contributed by atoms with E-state index in [1.54, 1.807) is 0 Å². The normalized spacial score (nSPS) is 24.9. The molecule has 4 nitrogen and oxygen atoms in total. The number of carbonyl (C=O) groups is 1. The van der Waals surface area contributed by atoms with Crippen LogP contribution in [0.1, 0.15) is 39.0 Å². The summed E-state index contributed by atoms with van der Waals surface area (Å²) < 4.78 is 0. The molecule has 1 saturated carbocycles. The average Bonchev–Trinajstić information content (AvgIpc) is 3.16. The van der Waals surface area contributed by atoms with Crippen molar-refractivity contribution in [3.05, 3.63) is 0 Å². The van der Waals surface area contributed by atoms with Gasteiger partial charge in [-0.2, -0.15) is 0 Å². The van der Waals surface area contributed by atoms with Gasteiger partial charge in [0.1, 0.15) is 0 Å². The van der Waals surface area contributed by atoms with Gasteiger partial charge in [-0.25, -0.2) is 0 Å². The number of hydrogen-bond donors (Lipinski definition) is 1. The van der Waals surface area contributed by atoms with E-state index in [-0.39, 0.29) is 0 Å². The Bertz CT molecular complexity index is 270. The fourth-order valence-corrected chi connectivity index (χ4v) is 2.90. The van der Waals surface area contributed by atoms with Crippen molar-refractivity contribution < 1.29 is 4.79 Å². The highest BCUT2D eigenvalue weighted by Crippen LogP contribution is 2.26. The van der Waals surface area contributed by atoms with Gasteiger partial charge < -0.3 is 10.2 Å². The van der Waals surface area contributed by atoms with E-state index in [0.717, 1.165) is 19.6 Å². The predicted molar refractivity (Wildman–Crippen MR) is 73.5 cm³/mol. The van der Waals surface area contributed by atoms with Crippen LogP contribution in [0.4, 0.5) is 0 Å². The molecule has 2 aliphatic rings. The van der Waals surface area contributed by atoms with E-state index in [0.29, 0.717) is 24.5 Å². The molecule has 2 fully saturated rings. The van der Waals surface area contributed by atoms with E-state index < -0.39 is 0 Å². The van der Waals surface area contributed by atoms with Crippen LogP contribution in [-0.2, 0) is 4.79 Å². The number of nitrogens with zero attached hydrogens (tertiary/aromatic N) is 2. The summed E-state index contributed by atoms with van der Waals surface area (Å²) in [5, 5.41) is 3.43. The number of likely N-dealkylation sites (N-methyl/N-ethyl adjacent to an activating group) is 2. The van der Waals surface area contributed by atoms with Crippen LogP contribution in [0.2, 0.25) is 0 Å². The number of rotatable bonds is 5. The standard InChI is InChI=1S/C14H27N3O/c1-3-17(13-6-7-13)14(18)11-16(2)12-5-4-9-15-10-8-12/h12-13,15H,3-11H2,1-2H3. The number of amides is 1. The van der Waals surface area contributed by atoms with Crippen molar-refractivity contribution in [2.24, 2.45) is 0 Å². The van der Waals surface area contributed by atoms with Crippen LogP contribution < -0.4 is 5.32 Å². The molecule has 0 spiro atoms. The van der Waals surface area contributed by atoms with E-state index in [1.807, 2.05) is 0 Å². The molecule has 1 heterocycles. The molecule has 1 N–H and O–H groups in total. The molecular weight excluding hydrogens is 226 g/mol. The summed E-state index contributed by atoms with van der Waals surface area (Å²) in [5.41, 5.74) is 0. The molecule has 0 aromatic rings. The van der Waals surface area contributed by atoms with Crippen molar-refractivity contribution in [3.63, 3.8) is 0 Å². The van der Waals surface area contributed by atoms with Gasteiger partial charge in [0.25, 0.3) is 0 Å². The number of nitrogens with one attached hydrogen (secondary N) is 1. The fourth-order valence-electron chi connectivity index (χ4n) is 2.90. The van der Waals surface area contributed by atoms with E-state index in [4.69, 9.17) is 0 Å². The van der Waals surface area contributed by atoms with Crippen LogP contribution in [0.15, 0.2) is 0 Å². The Morgan fingerprint density at radius 2 is 1.94 bits per heavy atom. The zero-order valence-electron chi connectivity index (χ0n) is 11.8. The van der Waals surface area contributed by atoms with Crippen LogP contribution in [0.3, 0.4) is 0 Å². The van der Waals surface area contributed by atoms with E-state index in [9.17, 15) is 4.79 Å². The number of carbonyl (C=O) groups excluding carboxylic acids is 1. The van der Waals surface area contributed by atoms with Crippen molar-refractivity contribution in [1.82, 2.24) is 15.1 Å². The lowest BCUT2D eigenvalue weighted by atomic mass is 10.1. The van der Waals surface area contributed by atoms with Gasteiger partial charge in [-0.1, -0.05) is 0 Å². The molecule has 1 unspecified atom stereocenters. The zero-order valence-corrected chi connectivity index (χ0v) is 11.8. The maximum atomic E-state index is 12.3. The Morgan fingerprint density at radius 3 is 2.61 bits per heavy atom. The molecule has 1 aliphatic heterocycles. The topological polar surface area (TPSA) is 35.6 Å². The first-order valence-electron chi connectivity index (χ1n) is 7.42. The molecular formula is C14H27N3O. The van der Waals surface area contributed by atoms with Gasteiger partial charge in [-0.3, -0.25) is 9.69 Å². The van der Waals surface area contributed by atoms with Crippen LogP contribution >= 0.6 is 0 Å². The highest BCUT2D eigenvalue weighted by atomic mass is 16.2. The number of hydrogen-bond acceptors (Lipinski definition) is 3. The lowest BCUT2D eigenvalue weighted by Crippen LogP contribution is -2.43. The molecule has 104 valence electrons. The minimum atomic E-state index is 0.319. The maximum Gasteiger partial charge on any atom is 0.236 e. The van der Waals surface area contributed by atoms with Gasteiger partial charge in [0.05, 0.1) is 6.54 Å². The Balaban J connectivity index is 1.81. The fraction of sp³-hybridized carbons (Fsp3) is 0.929. The Labute approximate surface area is 111 Å². The van der Waals surface area contributed by atoms with Crippen LogP contribution in [0.25, 0.3) is 0 Å². The second kappa shape index (κ2) is 6.53. The molecule has 0 aromatic carbocycles. The van der Waals surface area contributed by atoms with Gasteiger partial charge in [-0.15, -0.1) is 0 Å². The summed E-state index contributed by atoms with van der Waals surface area (Å²) in [4.78, 5) is 16.6. The highest BCUT2D eigenvalue weighted by molar-refractivity contribution is 5.78. The maximum absolute atomic E-state index is 12.3. The highest BCUT2D eigenvalue weighted by Gasteiger charge is 2.32. The summed E-state index contributed by atoms with van der Waals surface area (Å²) in [6.45, 7) is 5.76. The summed E-state index contributed by atoms with van der Waals surface area (Å²) in [6, 6.07) is 1.12. The van der Waals surface area contributed by atoms with Crippen molar-refractivity contribution in [1.29, 1.82) is 0 Å². The molecule has 18 heavy (non-hydrogen) atoms. The van der Waals surface area contributed by atoms with Gasteiger partial charge in [0.15, 0.2) is 0 Å². The monoisotopic (exact) mass is 253 g/mol. The third-order valence-corrected chi connectivity index (χ3v) is 4.20. The smallest absolute Gasteiger partial charge is 0.236 e. The third-order valence-electron chi connectivity index (χ3n) is 4.20. The van der Waals surface area contributed by atoms with Gasteiger partial charge in [-0.05, 0) is 59.2 Å². The van der Waals surface area contributed by atoms with Gasteiger partial charge >= 0.3 is 0 Å². The van der Waals surface area contributed by atoms with Gasteiger partial charge in [0.2, 0.25) is 5.91 Å². The molecule has 0 radical (unpaired) electrons. The van der Waals surface area contributed by atoms with E-state index in [1.165, 1.54) is 32.1 Å². The minimum absolute atomic E-state index is 0.319. The Morgan fingerprint density at radius 1 is 1.17 bits per heavy atom. The van der Waals surface area contributed by atoms with Crippen LogP contribution in [-0.4, -0.2) is 61.0 Å². The minimum Gasteiger partial charge on any atom is -0.339 e. The SMILES string of the molecule is CCN(C(=O)CN(C)C1CCCNCC1)C1CC1. The largest absolute Gasteiger partial charge is 0.339 e. The second-order valence-corrected chi connectivity index (χ2v) is 5.66. The van der Waals surface area contributed by atoms with Crippen molar-refractivity contribution >= 4 is 5.91 Å². The molecule has 0 bridgehead atoms. The molecule has 4 heteroatoms. The summed E-state index contributed by atoms with van der Waals surface area (Å²) in [5.74, 6) is 0.319. The summed E-state index contributed by atoms with van der Waals surface area (Å²) in [6.07, 6.45) is 6.02. The first-order chi connectivity index (χ1) is 8.72. The van der Waals surface area contributed by atoms with Crippen molar-refractivity contribution in [3.8, 4) is 0 Å². The zero-order chi connectivity index (χ0) is 13.0. The second-order valence-electron chi connectivity index (χ2n) is 5.66. The van der Waals surface area contributed by atoms with Crippen molar-refractivity contribution in [2.45, 2.75) is 51.1 Å². The van der Waals surface area contributed by atoms with E-state index in [2.05, 4.69) is 29.1 Å². The molecule has 1 atom stereocenters. The lowest BCUT2D eigenvalue weighted by molar-refractivity contribution is -0.133. The molecule has 1 saturated heterocycles. The third kappa shape index (κ3) is 3.69. The molecule has 1 amide bonds. The first-order valence-corrected chi connectivity index (χ1v) is 7.42. The molecule has 1 aliphatic carbocycles. The Kier molecular flexibility index (Phi) is 5.01. The van der Waals surface area contributed by atoms with Gasteiger partial charge in [0, 0.05) is 18.6 Å². The molecule has 2 rings (SSSR count). The molecule has 0 aromatic heterocycles.